The molecule has 134 valence electrons. The Labute approximate surface area is 156 Å². The van der Waals surface area contributed by atoms with Gasteiger partial charge in [-0.05, 0) is 38.1 Å². The summed E-state index contributed by atoms with van der Waals surface area (Å²) in [6.07, 6.45) is 0. The Bertz CT molecular complexity index is 892. The first-order valence-corrected chi connectivity index (χ1v) is 9.20. The van der Waals surface area contributed by atoms with E-state index in [1.54, 1.807) is 17.4 Å². The summed E-state index contributed by atoms with van der Waals surface area (Å²) in [7, 11) is 0. The van der Waals surface area contributed by atoms with E-state index in [4.69, 9.17) is 9.47 Å². The van der Waals surface area contributed by atoms with Crippen molar-refractivity contribution in [3.63, 3.8) is 0 Å². The SMILES string of the molecule is CCOc1ccccc1OCC(=O)Nc1cccc(-c2csc(C)n2)c1. The first-order valence-electron chi connectivity index (χ1n) is 8.32. The lowest BCUT2D eigenvalue weighted by molar-refractivity contribution is -0.118. The van der Waals surface area contributed by atoms with Crippen molar-refractivity contribution < 1.29 is 14.3 Å². The van der Waals surface area contributed by atoms with Crippen LogP contribution in [0.2, 0.25) is 0 Å². The topological polar surface area (TPSA) is 60.5 Å². The number of anilines is 1. The number of nitrogens with zero attached hydrogens (tertiary/aromatic N) is 1. The number of carbonyl (C=O) groups excluding carboxylic acids is 1. The van der Waals surface area contributed by atoms with Gasteiger partial charge in [-0.2, -0.15) is 0 Å². The van der Waals surface area contributed by atoms with E-state index in [0.717, 1.165) is 16.3 Å². The van der Waals surface area contributed by atoms with Crippen LogP contribution in [0.4, 0.5) is 5.69 Å². The van der Waals surface area contributed by atoms with Crippen LogP contribution in [0.5, 0.6) is 11.5 Å². The number of amides is 1. The summed E-state index contributed by atoms with van der Waals surface area (Å²) in [5, 5.41) is 5.87. The molecule has 26 heavy (non-hydrogen) atoms. The highest BCUT2D eigenvalue weighted by Crippen LogP contribution is 2.27. The lowest BCUT2D eigenvalue weighted by Crippen LogP contribution is -2.20. The number of aryl methyl sites for hydroxylation is 1. The van der Waals surface area contributed by atoms with Crippen LogP contribution in [0.25, 0.3) is 11.3 Å². The molecule has 3 aromatic rings. The predicted molar refractivity (Wildman–Crippen MR) is 104 cm³/mol. The third kappa shape index (κ3) is 4.61. The molecular weight excluding hydrogens is 348 g/mol. The molecule has 0 atom stereocenters. The zero-order valence-corrected chi connectivity index (χ0v) is 15.5. The maximum absolute atomic E-state index is 12.2. The van der Waals surface area contributed by atoms with Crippen molar-refractivity contribution in [3.05, 3.63) is 58.9 Å². The molecule has 0 aliphatic heterocycles. The van der Waals surface area contributed by atoms with Gasteiger partial charge in [-0.3, -0.25) is 4.79 Å². The van der Waals surface area contributed by atoms with Crippen LogP contribution in [0.15, 0.2) is 53.9 Å². The van der Waals surface area contributed by atoms with E-state index in [1.165, 1.54) is 0 Å². The average molecular weight is 368 g/mol. The van der Waals surface area contributed by atoms with Gasteiger partial charge in [0.05, 0.1) is 17.3 Å². The zero-order valence-electron chi connectivity index (χ0n) is 14.7. The predicted octanol–water partition coefficient (Wildman–Crippen LogP) is 4.53. The second-order valence-corrected chi connectivity index (χ2v) is 6.61. The number of rotatable bonds is 7. The van der Waals surface area contributed by atoms with Gasteiger partial charge in [0.1, 0.15) is 0 Å². The van der Waals surface area contributed by atoms with E-state index >= 15 is 0 Å². The number of ether oxygens (including phenoxy) is 2. The minimum absolute atomic E-state index is 0.0931. The summed E-state index contributed by atoms with van der Waals surface area (Å²) >= 11 is 1.60. The molecule has 0 saturated heterocycles. The highest BCUT2D eigenvalue weighted by Gasteiger charge is 2.09. The van der Waals surface area contributed by atoms with Crippen molar-refractivity contribution in [1.29, 1.82) is 0 Å². The maximum atomic E-state index is 12.2. The summed E-state index contributed by atoms with van der Waals surface area (Å²) in [5.41, 5.74) is 2.58. The van der Waals surface area contributed by atoms with Gasteiger partial charge in [0.2, 0.25) is 0 Å². The molecule has 0 spiro atoms. The van der Waals surface area contributed by atoms with Crippen LogP contribution >= 0.6 is 11.3 Å². The van der Waals surface area contributed by atoms with Crippen LogP contribution < -0.4 is 14.8 Å². The molecule has 3 rings (SSSR count). The van der Waals surface area contributed by atoms with Crippen molar-refractivity contribution in [3.8, 4) is 22.8 Å². The quantitative estimate of drug-likeness (QED) is 0.665. The molecule has 0 radical (unpaired) electrons. The van der Waals surface area contributed by atoms with Crippen molar-refractivity contribution in [2.45, 2.75) is 13.8 Å². The van der Waals surface area contributed by atoms with Crippen LogP contribution in [0.1, 0.15) is 11.9 Å². The smallest absolute Gasteiger partial charge is 0.262 e. The largest absolute Gasteiger partial charge is 0.490 e. The number of benzene rings is 2. The maximum Gasteiger partial charge on any atom is 0.262 e. The second kappa shape index (κ2) is 8.49. The van der Waals surface area contributed by atoms with Gasteiger partial charge in [-0.25, -0.2) is 4.98 Å². The summed E-state index contributed by atoms with van der Waals surface area (Å²) in [6, 6.07) is 14.9. The highest BCUT2D eigenvalue weighted by atomic mass is 32.1. The van der Waals surface area contributed by atoms with Gasteiger partial charge in [0.25, 0.3) is 5.91 Å². The molecule has 0 bridgehead atoms. The van der Waals surface area contributed by atoms with E-state index in [9.17, 15) is 4.79 Å². The fourth-order valence-electron chi connectivity index (χ4n) is 2.44. The highest BCUT2D eigenvalue weighted by molar-refractivity contribution is 7.09. The van der Waals surface area contributed by atoms with Crippen LogP contribution in [0, 0.1) is 6.92 Å². The number of nitrogens with one attached hydrogen (secondary N) is 1. The van der Waals surface area contributed by atoms with E-state index in [-0.39, 0.29) is 12.5 Å². The summed E-state index contributed by atoms with van der Waals surface area (Å²) in [4.78, 5) is 16.7. The molecule has 1 N–H and O–H groups in total. The third-order valence-corrected chi connectivity index (χ3v) is 4.34. The summed E-state index contributed by atoms with van der Waals surface area (Å²) < 4.78 is 11.1. The first-order chi connectivity index (χ1) is 12.7. The Morgan fingerprint density at radius 1 is 1.12 bits per heavy atom. The molecule has 0 fully saturated rings. The van der Waals surface area contributed by atoms with Crippen LogP contribution in [-0.2, 0) is 4.79 Å². The van der Waals surface area contributed by atoms with E-state index in [1.807, 2.05) is 61.7 Å². The van der Waals surface area contributed by atoms with Gasteiger partial charge in [0.15, 0.2) is 18.1 Å². The fraction of sp³-hybridized carbons (Fsp3) is 0.200. The zero-order chi connectivity index (χ0) is 18.4. The molecule has 0 aliphatic rings. The molecule has 1 amide bonds. The van der Waals surface area contributed by atoms with Crippen molar-refractivity contribution in [1.82, 2.24) is 4.98 Å². The van der Waals surface area contributed by atoms with E-state index < -0.39 is 0 Å². The lowest BCUT2D eigenvalue weighted by atomic mass is 10.1. The van der Waals surface area contributed by atoms with E-state index in [0.29, 0.717) is 23.8 Å². The van der Waals surface area contributed by atoms with Gasteiger partial charge < -0.3 is 14.8 Å². The van der Waals surface area contributed by atoms with Crippen LogP contribution in [-0.4, -0.2) is 24.1 Å². The van der Waals surface area contributed by atoms with Gasteiger partial charge in [0, 0.05) is 16.6 Å². The molecule has 6 heteroatoms. The molecule has 0 unspecified atom stereocenters. The van der Waals surface area contributed by atoms with Crippen molar-refractivity contribution in [2.24, 2.45) is 0 Å². The van der Waals surface area contributed by atoms with Gasteiger partial charge in [-0.15, -0.1) is 11.3 Å². The number of hydrogen-bond donors (Lipinski definition) is 1. The van der Waals surface area contributed by atoms with E-state index in [2.05, 4.69) is 10.3 Å². The Morgan fingerprint density at radius 2 is 1.88 bits per heavy atom. The molecule has 5 nitrogen and oxygen atoms in total. The van der Waals surface area contributed by atoms with Crippen LogP contribution in [0.3, 0.4) is 0 Å². The minimum Gasteiger partial charge on any atom is -0.490 e. The number of hydrogen-bond acceptors (Lipinski definition) is 5. The molecular formula is C20H20N2O3S. The summed E-state index contributed by atoms with van der Waals surface area (Å²) in [5.74, 6) is 0.947. The number of aromatic nitrogens is 1. The molecule has 1 aromatic heterocycles. The standard InChI is InChI=1S/C20H20N2O3S/c1-3-24-18-9-4-5-10-19(18)25-12-20(23)22-16-8-6-7-15(11-16)17-13-26-14(2)21-17/h4-11,13H,3,12H2,1-2H3,(H,22,23). The molecule has 1 heterocycles. The number of para-hydroxylation sites is 2. The number of thiazole rings is 1. The average Bonchev–Trinajstić information content (AvgIpc) is 3.08. The fourth-order valence-corrected chi connectivity index (χ4v) is 3.06. The number of carbonyl (C=O) groups is 1. The minimum atomic E-state index is -0.233. The molecule has 0 saturated carbocycles. The Kier molecular flexibility index (Phi) is 5.86. The molecule has 2 aromatic carbocycles. The Morgan fingerprint density at radius 3 is 2.58 bits per heavy atom. The second-order valence-electron chi connectivity index (χ2n) is 5.55. The normalized spacial score (nSPS) is 10.4. The summed E-state index contributed by atoms with van der Waals surface area (Å²) in [6.45, 7) is 4.32. The lowest BCUT2D eigenvalue weighted by Gasteiger charge is -2.12. The Hall–Kier alpha value is -2.86. The first kappa shape index (κ1) is 17.9. The Balaban J connectivity index is 1.62. The van der Waals surface area contributed by atoms with Gasteiger partial charge >= 0.3 is 0 Å². The van der Waals surface area contributed by atoms with Crippen molar-refractivity contribution in [2.75, 3.05) is 18.5 Å². The van der Waals surface area contributed by atoms with Crippen molar-refractivity contribution >= 4 is 22.9 Å². The molecule has 0 aliphatic carbocycles. The van der Waals surface area contributed by atoms with Gasteiger partial charge in [-0.1, -0.05) is 24.3 Å². The third-order valence-electron chi connectivity index (χ3n) is 3.57. The monoisotopic (exact) mass is 368 g/mol.